The second kappa shape index (κ2) is 4.92. The molecule has 16 heavy (non-hydrogen) atoms. The number of carbonyl (C=O) groups is 2. The maximum atomic E-state index is 12.1. The van der Waals surface area contributed by atoms with Gasteiger partial charge in [0.15, 0.2) is 5.78 Å². The van der Waals surface area contributed by atoms with Crippen molar-refractivity contribution in [2.24, 2.45) is 5.41 Å². The average molecular weight is 220 g/mol. The molecule has 1 N–H and O–H groups in total. The first kappa shape index (κ1) is 12.4. The van der Waals surface area contributed by atoms with Crippen molar-refractivity contribution in [1.29, 1.82) is 0 Å². The van der Waals surface area contributed by atoms with Crippen LogP contribution in [-0.2, 0) is 4.79 Å². The topological polar surface area (TPSA) is 54.4 Å². The molecule has 1 rings (SSSR count). The largest absolute Gasteiger partial charge is 0.481 e. The maximum absolute atomic E-state index is 12.1. The minimum Gasteiger partial charge on any atom is -0.481 e. The molecule has 1 aromatic carbocycles. The molecule has 0 bridgehead atoms. The van der Waals surface area contributed by atoms with Crippen LogP contribution in [0.1, 0.15) is 37.0 Å². The van der Waals surface area contributed by atoms with Crippen LogP contribution >= 0.6 is 0 Å². The second-order valence-corrected chi connectivity index (χ2v) is 4.47. The normalized spacial score (nSPS) is 11.1. The standard InChI is InChI=1S/C13H16O3/c1-13(2,9-8-11(14)15)12(16)10-6-4-3-5-7-10/h3-7H,8-9H2,1-2H3,(H,14,15). The second-order valence-electron chi connectivity index (χ2n) is 4.47. The molecule has 1 aromatic rings. The number of rotatable bonds is 5. The highest BCUT2D eigenvalue weighted by Crippen LogP contribution is 2.27. The lowest BCUT2D eigenvalue weighted by Gasteiger charge is -2.22. The highest BCUT2D eigenvalue weighted by Gasteiger charge is 2.28. The van der Waals surface area contributed by atoms with Gasteiger partial charge in [-0.05, 0) is 6.42 Å². The molecule has 0 aromatic heterocycles. The lowest BCUT2D eigenvalue weighted by atomic mass is 9.80. The van der Waals surface area contributed by atoms with Crippen molar-refractivity contribution >= 4 is 11.8 Å². The van der Waals surface area contributed by atoms with Gasteiger partial charge in [-0.15, -0.1) is 0 Å². The molecule has 3 nitrogen and oxygen atoms in total. The number of carboxylic acids is 1. The van der Waals surface area contributed by atoms with Gasteiger partial charge in [-0.3, -0.25) is 9.59 Å². The highest BCUT2D eigenvalue weighted by molar-refractivity contribution is 6.00. The van der Waals surface area contributed by atoms with Gasteiger partial charge >= 0.3 is 5.97 Å². The van der Waals surface area contributed by atoms with Crippen molar-refractivity contribution in [3.63, 3.8) is 0 Å². The Morgan fingerprint density at radius 1 is 1.19 bits per heavy atom. The third kappa shape index (κ3) is 3.19. The van der Waals surface area contributed by atoms with E-state index in [0.717, 1.165) is 0 Å². The first-order valence-electron chi connectivity index (χ1n) is 5.25. The summed E-state index contributed by atoms with van der Waals surface area (Å²) in [5.41, 5.74) is 0.0117. The summed E-state index contributed by atoms with van der Waals surface area (Å²) in [5.74, 6) is -0.872. The van der Waals surface area contributed by atoms with E-state index in [1.807, 2.05) is 6.07 Å². The van der Waals surface area contributed by atoms with E-state index in [9.17, 15) is 9.59 Å². The molecule has 0 unspecified atom stereocenters. The molecular formula is C13H16O3. The van der Waals surface area contributed by atoms with Gasteiger partial charge in [0.1, 0.15) is 0 Å². The van der Waals surface area contributed by atoms with Crippen molar-refractivity contribution in [2.45, 2.75) is 26.7 Å². The summed E-state index contributed by atoms with van der Waals surface area (Å²) in [5, 5.41) is 8.62. The average Bonchev–Trinajstić information content (AvgIpc) is 2.27. The van der Waals surface area contributed by atoms with Gasteiger partial charge in [0, 0.05) is 17.4 Å². The van der Waals surface area contributed by atoms with Crippen LogP contribution in [0, 0.1) is 5.41 Å². The summed E-state index contributed by atoms with van der Waals surface area (Å²) >= 11 is 0. The summed E-state index contributed by atoms with van der Waals surface area (Å²) in [6, 6.07) is 8.97. The van der Waals surface area contributed by atoms with Crippen LogP contribution in [0.5, 0.6) is 0 Å². The first-order chi connectivity index (χ1) is 7.43. The van der Waals surface area contributed by atoms with Crippen LogP contribution in [0.4, 0.5) is 0 Å². The molecule has 0 fully saturated rings. The van der Waals surface area contributed by atoms with Gasteiger partial charge in [-0.2, -0.15) is 0 Å². The molecule has 86 valence electrons. The molecule has 0 aliphatic heterocycles. The predicted molar refractivity (Wildman–Crippen MR) is 61.4 cm³/mol. The van der Waals surface area contributed by atoms with Gasteiger partial charge < -0.3 is 5.11 Å². The minimum absolute atomic E-state index is 0.00523. The van der Waals surface area contributed by atoms with Crippen LogP contribution in [0.2, 0.25) is 0 Å². The van der Waals surface area contributed by atoms with E-state index < -0.39 is 11.4 Å². The zero-order valence-electron chi connectivity index (χ0n) is 9.56. The Kier molecular flexibility index (Phi) is 3.82. The van der Waals surface area contributed by atoms with Crippen molar-refractivity contribution in [2.75, 3.05) is 0 Å². The molecule has 0 aliphatic carbocycles. The Hall–Kier alpha value is -1.64. The van der Waals surface area contributed by atoms with Crippen LogP contribution in [-0.4, -0.2) is 16.9 Å². The lowest BCUT2D eigenvalue weighted by Crippen LogP contribution is -2.25. The Balaban J connectivity index is 2.76. The zero-order valence-corrected chi connectivity index (χ0v) is 9.56. The van der Waals surface area contributed by atoms with Crippen LogP contribution < -0.4 is 0 Å². The summed E-state index contributed by atoms with van der Waals surface area (Å²) in [7, 11) is 0. The van der Waals surface area contributed by atoms with E-state index in [4.69, 9.17) is 5.11 Å². The molecule has 0 radical (unpaired) electrons. The minimum atomic E-state index is -0.867. The number of ketones is 1. The molecule has 0 aliphatic rings. The molecule has 0 saturated heterocycles. The van der Waals surface area contributed by atoms with Gasteiger partial charge in [-0.25, -0.2) is 0 Å². The quantitative estimate of drug-likeness (QED) is 0.776. The zero-order chi connectivity index (χ0) is 12.2. The van der Waals surface area contributed by atoms with E-state index in [0.29, 0.717) is 12.0 Å². The van der Waals surface area contributed by atoms with Gasteiger partial charge in [0.05, 0.1) is 0 Å². The Labute approximate surface area is 95.1 Å². The van der Waals surface area contributed by atoms with Gasteiger partial charge in [0.25, 0.3) is 0 Å². The van der Waals surface area contributed by atoms with E-state index >= 15 is 0 Å². The van der Waals surface area contributed by atoms with Crippen LogP contribution in [0.25, 0.3) is 0 Å². The Morgan fingerprint density at radius 3 is 2.25 bits per heavy atom. The SMILES string of the molecule is CC(C)(CCC(=O)O)C(=O)c1ccccc1. The predicted octanol–water partition coefficient (Wildman–Crippen LogP) is 2.76. The van der Waals surface area contributed by atoms with Crippen molar-refractivity contribution in [1.82, 2.24) is 0 Å². The van der Waals surface area contributed by atoms with Crippen LogP contribution in [0.15, 0.2) is 30.3 Å². The number of benzene rings is 1. The van der Waals surface area contributed by atoms with E-state index in [1.165, 1.54) is 0 Å². The summed E-state index contributed by atoms with van der Waals surface area (Å²) in [4.78, 5) is 22.6. The summed E-state index contributed by atoms with van der Waals surface area (Å²) < 4.78 is 0. The van der Waals surface area contributed by atoms with Crippen LogP contribution in [0.3, 0.4) is 0 Å². The number of carbonyl (C=O) groups excluding carboxylic acids is 1. The number of Topliss-reactive ketones (excluding diaryl/α,β-unsaturated/α-hetero) is 1. The van der Waals surface area contributed by atoms with Crippen molar-refractivity contribution in [3.8, 4) is 0 Å². The van der Waals surface area contributed by atoms with Gasteiger partial charge in [0.2, 0.25) is 0 Å². The third-order valence-corrected chi connectivity index (χ3v) is 2.61. The molecule has 0 heterocycles. The van der Waals surface area contributed by atoms with E-state index in [1.54, 1.807) is 38.1 Å². The monoisotopic (exact) mass is 220 g/mol. The van der Waals surface area contributed by atoms with Crippen molar-refractivity contribution in [3.05, 3.63) is 35.9 Å². The third-order valence-electron chi connectivity index (χ3n) is 2.61. The highest BCUT2D eigenvalue weighted by atomic mass is 16.4. The Morgan fingerprint density at radius 2 is 1.75 bits per heavy atom. The molecular weight excluding hydrogens is 204 g/mol. The molecule has 0 saturated carbocycles. The number of carboxylic acid groups (broad SMARTS) is 1. The fourth-order valence-electron chi connectivity index (χ4n) is 1.51. The maximum Gasteiger partial charge on any atom is 0.303 e. The number of hydrogen-bond acceptors (Lipinski definition) is 2. The number of aliphatic carboxylic acids is 1. The molecule has 3 heteroatoms. The summed E-state index contributed by atoms with van der Waals surface area (Å²) in [6.07, 6.45) is 0.377. The summed E-state index contributed by atoms with van der Waals surface area (Å²) in [6.45, 7) is 3.57. The number of hydrogen-bond donors (Lipinski definition) is 1. The fourth-order valence-corrected chi connectivity index (χ4v) is 1.51. The lowest BCUT2D eigenvalue weighted by molar-refractivity contribution is -0.137. The van der Waals surface area contributed by atoms with E-state index in [2.05, 4.69) is 0 Å². The van der Waals surface area contributed by atoms with Gasteiger partial charge in [-0.1, -0.05) is 44.2 Å². The first-order valence-corrected chi connectivity index (χ1v) is 5.25. The fraction of sp³-hybridized carbons (Fsp3) is 0.385. The van der Waals surface area contributed by atoms with Crippen molar-refractivity contribution < 1.29 is 14.7 Å². The molecule has 0 atom stereocenters. The Bertz CT molecular complexity index is 379. The molecule has 0 spiro atoms. The van der Waals surface area contributed by atoms with E-state index in [-0.39, 0.29) is 12.2 Å². The smallest absolute Gasteiger partial charge is 0.303 e. The molecule has 0 amide bonds.